The fourth-order valence-electron chi connectivity index (χ4n) is 3.00. The fraction of sp³-hybridized carbons (Fsp3) is 0.348. The van der Waals surface area contributed by atoms with E-state index in [0.717, 1.165) is 23.0 Å². The first-order valence-electron chi connectivity index (χ1n) is 9.90. The third-order valence-corrected chi connectivity index (χ3v) is 5.84. The first-order chi connectivity index (χ1) is 13.8. The van der Waals surface area contributed by atoms with Crippen LogP contribution in [-0.2, 0) is 14.8 Å². The van der Waals surface area contributed by atoms with Gasteiger partial charge in [-0.05, 0) is 29.5 Å². The maximum atomic E-state index is 12.7. The van der Waals surface area contributed by atoms with E-state index >= 15 is 0 Å². The zero-order chi connectivity index (χ0) is 21.3. The standard InChI is InChI=1S/C23H30N2O3S/c1-4-20(21-13-9-6-10-14-21)17-24-23(26)22(18(2)3)25-29(27,28)16-15-19-11-7-5-8-12-19/h5-16,18,20,22,25H,4,17H2,1-3H3,(H,24,26)/b16-15-/t20-,22+/m1/s1. The van der Waals surface area contributed by atoms with Gasteiger partial charge in [-0.2, -0.15) is 4.72 Å². The summed E-state index contributed by atoms with van der Waals surface area (Å²) in [6, 6.07) is 18.3. The van der Waals surface area contributed by atoms with Crippen LogP contribution < -0.4 is 10.0 Å². The summed E-state index contributed by atoms with van der Waals surface area (Å²) in [5.41, 5.74) is 1.93. The minimum absolute atomic E-state index is 0.183. The van der Waals surface area contributed by atoms with Crippen LogP contribution in [-0.4, -0.2) is 26.9 Å². The molecule has 0 radical (unpaired) electrons. The molecular formula is C23H30N2O3S. The van der Waals surface area contributed by atoms with Gasteiger partial charge in [0.15, 0.2) is 0 Å². The van der Waals surface area contributed by atoms with Gasteiger partial charge in [0.05, 0.1) is 0 Å². The van der Waals surface area contributed by atoms with E-state index in [2.05, 4.69) is 17.0 Å². The molecule has 2 aromatic rings. The molecule has 0 aliphatic carbocycles. The second-order valence-electron chi connectivity index (χ2n) is 7.36. The van der Waals surface area contributed by atoms with Crippen molar-refractivity contribution in [2.45, 2.75) is 39.2 Å². The van der Waals surface area contributed by atoms with Crippen LogP contribution in [0.3, 0.4) is 0 Å². The Kier molecular flexibility index (Phi) is 8.61. The highest BCUT2D eigenvalue weighted by Crippen LogP contribution is 2.18. The molecule has 2 aromatic carbocycles. The zero-order valence-electron chi connectivity index (χ0n) is 17.2. The summed E-state index contributed by atoms with van der Waals surface area (Å²) >= 11 is 0. The van der Waals surface area contributed by atoms with Crippen molar-refractivity contribution >= 4 is 22.0 Å². The van der Waals surface area contributed by atoms with Crippen LogP contribution in [0.5, 0.6) is 0 Å². The van der Waals surface area contributed by atoms with Crippen molar-refractivity contribution in [2.75, 3.05) is 6.54 Å². The number of sulfonamides is 1. The summed E-state index contributed by atoms with van der Waals surface area (Å²) in [5.74, 6) is -0.319. The number of hydrogen-bond acceptors (Lipinski definition) is 3. The van der Waals surface area contributed by atoms with Crippen LogP contribution in [0.1, 0.15) is 44.2 Å². The number of amides is 1. The minimum Gasteiger partial charge on any atom is -0.354 e. The molecule has 29 heavy (non-hydrogen) atoms. The van der Waals surface area contributed by atoms with Crippen molar-refractivity contribution in [3.8, 4) is 0 Å². The van der Waals surface area contributed by atoms with Gasteiger partial charge in [0.25, 0.3) is 0 Å². The molecule has 156 valence electrons. The number of nitrogens with one attached hydrogen (secondary N) is 2. The van der Waals surface area contributed by atoms with Crippen molar-refractivity contribution in [1.29, 1.82) is 0 Å². The van der Waals surface area contributed by atoms with Crippen LogP contribution in [0, 0.1) is 5.92 Å². The summed E-state index contributed by atoms with van der Waals surface area (Å²) in [6.45, 7) is 6.18. The first-order valence-corrected chi connectivity index (χ1v) is 11.4. The monoisotopic (exact) mass is 414 g/mol. The Morgan fingerprint density at radius 2 is 1.59 bits per heavy atom. The molecule has 0 spiro atoms. The highest BCUT2D eigenvalue weighted by molar-refractivity contribution is 7.92. The summed E-state index contributed by atoms with van der Waals surface area (Å²) < 4.78 is 27.4. The van der Waals surface area contributed by atoms with E-state index in [1.165, 1.54) is 6.08 Å². The summed E-state index contributed by atoms with van der Waals surface area (Å²) in [7, 11) is -3.76. The summed E-state index contributed by atoms with van der Waals surface area (Å²) in [6.07, 6.45) is 2.39. The first kappa shape index (κ1) is 22.8. The molecule has 0 fully saturated rings. The van der Waals surface area contributed by atoms with Crippen molar-refractivity contribution < 1.29 is 13.2 Å². The van der Waals surface area contributed by atoms with Crippen LogP contribution in [0.4, 0.5) is 0 Å². The molecule has 0 saturated heterocycles. The average Bonchev–Trinajstić information content (AvgIpc) is 2.72. The van der Waals surface area contributed by atoms with E-state index in [1.54, 1.807) is 0 Å². The SMILES string of the molecule is CC[C@H](CNC(=O)[C@@H](NS(=O)(=O)/C=C\c1ccccc1)C(C)C)c1ccccc1. The molecule has 2 N–H and O–H groups in total. The predicted octanol–water partition coefficient (Wildman–Crippen LogP) is 3.91. The Morgan fingerprint density at radius 3 is 2.14 bits per heavy atom. The maximum Gasteiger partial charge on any atom is 0.238 e. The Bertz CT molecular complexity index is 894. The lowest BCUT2D eigenvalue weighted by atomic mass is 9.96. The smallest absolute Gasteiger partial charge is 0.238 e. The topological polar surface area (TPSA) is 75.3 Å². The molecule has 0 bridgehead atoms. The second-order valence-corrected chi connectivity index (χ2v) is 8.96. The Balaban J connectivity index is 2.02. The highest BCUT2D eigenvalue weighted by Gasteiger charge is 2.26. The van der Waals surface area contributed by atoms with Crippen molar-refractivity contribution in [1.82, 2.24) is 10.0 Å². The van der Waals surface area contributed by atoms with E-state index in [1.807, 2.05) is 74.5 Å². The van der Waals surface area contributed by atoms with Crippen LogP contribution in [0.15, 0.2) is 66.1 Å². The van der Waals surface area contributed by atoms with E-state index < -0.39 is 16.1 Å². The fourth-order valence-corrected chi connectivity index (χ4v) is 4.15. The van der Waals surface area contributed by atoms with E-state index in [0.29, 0.717) is 6.54 Å². The van der Waals surface area contributed by atoms with E-state index in [4.69, 9.17) is 0 Å². The molecule has 5 nitrogen and oxygen atoms in total. The number of rotatable bonds is 10. The van der Waals surface area contributed by atoms with E-state index in [-0.39, 0.29) is 17.7 Å². The number of carbonyl (C=O) groups is 1. The summed E-state index contributed by atoms with van der Waals surface area (Å²) in [4.78, 5) is 12.7. The molecule has 0 aliphatic heterocycles. The molecule has 0 unspecified atom stereocenters. The van der Waals surface area contributed by atoms with Crippen molar-refractivity contribution in [2.24, 2.45) is 5.92 Å². The Hall–Kier alpha value is -2.44. The lowest BCUT2D eigenvalue weighted by Gasteiger charge is -2.23. The minimum atomic E-state index is -3.76. The Morgan fingerprint density at radius 1 is 1.00 bits per heavy atom. The predicted molar refractivity (Wildman–Crippen MR) is 119 cm³/mol. The van der Waals surface area contributed by atoms with Gasteiger partial charge in [0.2, 0.25) is 15.9 Å². The van der Waals surface area contributed by atoms with Crippen LogP contribution >= 0.6 is 0 Å². The maximum absolute atomic E-state index is 12.7. The average molecular weight is 415 g/mol. The van der Waals surface area contributed by atoms with Gasteiger partial charge in [-0.3, -0.25) is 4.79 Å². The number of hydrogen-bond donors (Lipinski definition) is 2. The molecule has 0 aromatic heterocycles. The van der Waals surface area contributed by atoms with Crippen LogP contribution in [0.25, 0.3) is 6.08 Å². The zero-order valence-corrected chi connectivity index (χ0v) is 18.0. The molecule has 0 saturated carbocycles. The van der Waals surface area contributed by atoms with Gasteiger partial charge in [0.1, 0.15) is 6.04 Å². The largest absolute Gasteiger partial charge is 0.354 e. The van der Waals surface area contributed by atoms with Gasteiger partial charge >= 0.3 is 0 Å². The summed E-state index contributed by atoms with van der Waals surface area (Å²) in [5, 5.41) is 4.02. The van der Waals surface area contributed by atoms with Gasteiger partial charge in [0, 0.05) is 17.9 Å². The van der Waals surface area contributed by atoms with Crippen molar-refractivity contribution in [3.63, 3.8) is 0 Å². The molecule has 2 rings (SSSR count). The molecule has 0 aliphatic rings. The van der Waals surface area contributed by atoms with Gasteiger partial charge in [-0.25, -0.2) is 8.42 Å². The van der Waals surface area contributed by atoms with Gasteiger partial charge in [-0.15, -0.1) is 0 Å². The second kappa shape index (κ2) is 10.9. The highest BCUT2D eigenvalue weighted by atomic mass is 32.2. The molecule has 6 heteroatoms. The quantitative estimate of drug-likeness (QED) is 0.619. The Labute approximate surface area is 174 Å². The number of benzene rings is 2. The molecule has 0 heterocycles. The van der Waals surface area contributed by atoms with Gasteiger partial charge in [-0.1, -0.05) is 81.4 Å². The normalized spacial score (nSPS) is 14.1. The molecular weight excluding hydrogens is 384 g/mol. The molecule has 1 amide bonds. The third-order valence-electron chi connectivity index (χ3n) is 4.77. The van der Waals surface area contributed by atoms with Crippen LogP contribution in [0.2, 0.25) is 0 Å². The lowest BCUT2D eigenvalue weighted by Crippen LogP contribution is -2.49. The lowest BCUT2D eigenvalue weighted by molar-refractivity contribution is -0.123. The number of carbonyl (C=O) groups excluding carboxylic acids is 1. The third kappa shape index (κ3) is 7.48. The molecule has 2 atom stereocenters. The van der Waals surface area contributed by atoms with Crippen molar-refractivity contribution in [3.05, 3.63) is 77.2 Å². The van der Waals surface area contributed by atoms with Gasteiger partial charge < -0.3 is 5.32 Å². The van der Waals surface area contributed by atoms with E-state index in [9.17, 15) is 13.2 Å².